The Kier molecular flexibility index (Phi) is 7.08. The minimum atomic E-state index is -2.28. The van der Waals surface area contributed by atoms with Gasteiger partial charge in [-0.1, -0.05) is 29.8 Å². The zero-order valence-electron chi connectivity index (χ0n) is 17.6. The smallest absolute Gasteiger partial charge is 0.289 e. The second-order valence-corrected chi connectivity index (χ2v) is 8.02. The molecular weight excluding hydrogens is 483 g/mol. The topological polar surface area (TPSA) is 45.9 Å². The Morgan fingerprint density at radius 1 is 0.882 bits per heavy atom. The zero-order valence-corrected chi connectivity index (χ0v) is 18.3. The Labute approximate surface area is 196 Å². The first-order valence-electron chi connectivity index (χ1n) is 10.2. The number of furan rings is 1. The minimum absolute atomic E-state index is 0.0235. The van der Waals surface area contributed by atoms with Gasteiger partial charge in [0.2, 0.25) is 29.1 Å². The first-order valence-corrected chi connectivity index (χ1v) is 10.6. The zero-order chi connectivity index (χ0) is 24.4. The maximum atomic E-state index is 13.7. The molecule has 0 spiro atoms. The van der Waals surface area contributed by atoms with E-state index in [1.807, 2.05) is 24.3 Å². The number of carbonyl (C=O) groups is 1. The van der Waals surface area contributed by atoms with Crippen LogP contribution < -0.4 is 4.74 Å². The van der Waals surface area contributed by atoms with E-state index in [0.717, 1.165) is 5.56 Å². The fraction of sp³-hybridized carbons (Fsp3) is 0.261. The SMILES string of the molecule is O=C(c1ccc(COc2c(F)c(F)c(F)c(F)c2F)o1)N1CCN(Cc2ccccc2Cl)CC1. The van der Waals surface area contributed by atoms with Crippen molar-refractivity contribution >= 4 is 17.5 Å². The van der Waals surface area contributed by atoms with Crippen LogP contribution in [-0.2, 0) is 13.2 Å². The van der Waals surface area contributed by atoms with Crippen LogP contribution in [0.1, 0.15) is 21.9 Å². The predicted octanol–water partition coefficient (Wildman–Crippen LogP) is 5.17. The van der Waals surface area contributed by atoms with Crippen LogP contribution in [-0.4, -0.2) is 41.9 Å². The van der Waals surface area contributed by atoms with Gasteiger partial charge in [0.05, 0.1) is 0 Å². The Balaban J connectivity index is 1.34. The Morgan fingerprint density at radius 2 is 1.50 bits per heavy atom. The van der Waals surface area contributed by atoms with Crippen molar-refractivity contribution in [2.75, 3.05) is 26.2 Å². The van der Waals surface area contributed by atoms with Crippen molar-refractivity contribution in [2.24, 2.45) is 0 Å². The highest BCUT2D eigenvalue weighted by Gasteiger charge is 2.28. The third-order valence-electron chi connectivity index (χ3n) is 5.41. The van der Waals surface area contributed by atoms with Crippen LogP contribution in [0.2, 0.25) is 5.02 Å². The van der Waals surface area contributed by atoms with Gasteiger partial charge in [-0.2, -0.15) is 8.78 Å². The van der Waals surface area contributed by atoms with Gasteiger partial charge in [0.1, 0.15) is 12.4 Å². The molecule has 1 fully saturated rings. The number of halogens is 6. The molecule has 2 heterocycles. The van der Waals surface area contributed by atoms with Crippen molar-refractivity contribution in [1.29, 1.82) is 0 Å². The maximum absolute atomic E-state index is 13.7. The fourth-order valence-corrected chi connectivity index (χ4v) is 3.75. The van der Waals surface area contributed by atoms with Gasteiger partial charge < -0.3 is 14.1 Å². The number of benzene rings is 2. The molecule has 180 valence electrons. The number of hydrogen-bond acceptors (Lipinski definition) is 4. The van der Waals surface area contributed by atoms with E-state index in [0.29, 0.717) is 37.7 Å². The summed E-state index contributed by atoms with van der Waals surface area (Å²) in [5.74, 6) is -12.5. The number of amides is 1. The molecule has 3 aromatic rings. The largest absolute Gasteiger partial charge is 0.479 e. The molecule has 0 N–H and O–H groups in total. The molecule has 0 aliphatic carbocycles. The van der Waals surface area contributed by atoms with Crippen molar-refractivity contribution < 1.29 is 35.9 Å². The van der Waals surface area contributed by atoms with Crippen LogP contribution in [0.5, 0.6) is 5.75 Å². The van der Waals surface area contributed by atoms with Crippen molar-refractivity contribution in [3.63, 3.8) is 0 Å². The number of carbonyl (C=O) groups excluding carboxylic acids is 1. The summed E-state index contributed by atoms with van der Waals surface area (Å²) in [5.41, 5.74) is 0.994. The van der Waals surface area contributed by atoms with Crippen LogP contribution in [0.4, 0.5) is 22.0 Å². The molecule has 1 aromatic heterocycles. The molecule has 0 saturated carbocycles. The third-order valence-corrected chi connectivity index (χ3v) is 5.78. The van der Waals surface area contributed by atoms with Crippen LogP contribution in [0.25, 0.3) is 0 Å². The number of piperazine rings is 1. The lowest BCUT2D eigenvalue weighted by atomic mass is 10.2. The Hall–Kier alpha value is -3.11. The lowest BCUT2D eigenvalue weighted by Crippen LogP contribution is -2.48. The lowest BCUT2D eigenvalue weighted by molar-refractivity contribution is 0.0594. The average Bonchev–Trinajstić information content (AvgIpc) is 3.32. The second kappa shape index (κ2) is 10.0. The first kappa shape index (κ1) is 24.0. The van der Waals surface area contributed by atoms with Crippen molar-refractivity contribution in [2.45, 2.75) is 13.2 Å². The number of ether oxygens (including phenoxy) is 1. The molecule has 2 aromatic carbocycles. The van der Waals surface area contributed by atoms with Gasteiger partial charge in [-0.25, -0.2) is 13.2 Å². The summed E-state index contributed by atoms with van der Waals surface area (Å²) in [4.78, 5) is 16.5. The molecule has 0 bridgehead atoms. The Bertz CT molecular complexity index is 1180. The number of hydrogen-bond donors (Lipinski definition) is 0. The molecule has 0 radical (unpaired) electrons. The van der Waals surface area contributed by atoms with E-state index in [1.165, 1.54) is 12.1 Å². The highest BCUT2D eigenvalue weighted by Crippen LogP contribution is 2.30. The van der Waals surface area contributed by atoms with Crippen molar-refractivity contribution in [3.05, 3.63) is 87.6 Å². The summed E-state index contributed by atoms with van der Waals surface area (Å²) >= 11 is 6.20. The van der Waals surface area contributed by atoms with Gasteiger partial charge in [0.25, 0.3) is 5.91 Å². The van der Waals surface area contributed by atoms with Crippen molar-refractivity contribution in [1.82, 2.24) is 9.80 Å². The average molecular weight is 501 g/mol. The monoisotopic (exact) mass is 500 g/mol. The van der Waals surface area contributed by atoms with E-state index in [-0.39, 0.29) is 17.4 Å². The van der Waals surface area contributed by atoms with Crippen molar-refractivity contribution in [3.8, 4) is 5.75 Å². The quantitative estimate of drug-likeness (QED) is 0.266. The molecule has 0 atom stereocenters. The van der Waals surface area contributed by atoms with E-state index >= 15 is 0 Å². The van der Waals surface area contributed by atoms with E-state index < -0.39 is 41.4 Å². The van der Waals surface area contributed by atoms with E-state index in [4.69, 9.17) is 20.8 Å². The summed E-state index contributed by atoms with van der Waals surface area (Å²) in [6.45, 7) is 2.14. The number of nitrogens with zero attached hydrogens (tertiary/aromatic N) is 2. The summed E-state index contributed by atoms with van der Waals surface area (Å²) in [5, 5.41) is 0.678. The van der Waals surface area contributed by atoms with Crippen LogP contribution >= 0.6 is 11.6 Å². The standard InChI is InChI=1S/C23H18ClF5N2O3/c24-15-4-2-1-3-13(15)11-30-7-9-31(10-8-30)23(32)16-6-5-14(34-16)12-33-22-20(28)18(26)17(25)19(27)21(22)29/h1-6H,7-12H2. The van der Waals surface area contributed by atoms with Gasteiger partial charge in [0.15, 0.2) is 11.5 Å². The molecule has 5 nitrogen and oxygen atoms in total. The third kappa shape index (κ3) is 4.88. The molecule has 0 unspecified atom stereocenters. The van der Waals surface area contributed by atoms with Gasteiger partial charge >= 0.3 is 0 Å². The molecule has 1 aliphatic rings. The summed E-state index contributed by atoms with van der Waals surface area (Å²) < 4.78 is 77.3. The van der Waals surface area contributed by atoms with E-state index in [1.54, 1.807) is 4.90 Å². The Morgan fingerprint density at radius 3 is 2.15 bits per heavy atom. The first-order chi connectivity index (χ1) is 16.3. The number of rotatable bonds is 6. The second-order valence-electron chi connectivity index (χ2n) is 7.61. The van der Waals surface area contributed by atoms with Gasteiger partial charge in [0, 0.05) is 37.7 Å². The lowest BCUT2D eigenvalue weighted by Gasteiger charge is -2.34. The molecule has 1 aliphatic heterocycles. The van der Waals surface area contributed by atoms with Crippen LogP contribution in [0, 0.1) is 29.1 Å². The normalized spacial score (nSPS) is 14.5. The summed E-state index contributed by atoms with van der Waals surface area (Å²) in [6, 6.07) is 10.2. The maximum Gasteiger partial charge on any atom is 0.289 e. The molecule has 1 amide bonds. The van der Waals surface area contributed by atoms with Gasteiger partial charge in [-0.3, -0.25) is 9.69 Å². The van der Waals surface area contributed by atoms with Crippen LogP contribution in [0.3, 0.4) is 0 Å². The van der Waals surface area contributed by atoms with Crippen LogP contribution in [0.15, 0.2) is 40.8 Å². The highest BCUT2D eigenvalue weighted by atomic mass is 35.5. The molecule has 1 saturated heterocycles. The summed E-state index contributed by atoms with van der Waals surface area (Å²) in [6.07, 6.45) is 0. The summed E-state index contributed by atoms with van der Waals surface area (Å²) in [7, 11) is 0. The molecule has 4 rings (SSSR count). The highest BCUT2D eigenvalue weighted by molar-refractivity contribution is 6.31. The molecule has 11 heteroatoms. The minimum Gasteiger partial charge on any atom is -0.479 e. The molecular formula is C23H18ClF5N2O3. The van der Waals surface area contributed by atoms with E-state index in [9.17, 15) is 26.7 Å². The van der Waals surface area contributed by atoms with Gasteiger partial charge in [-0.15, -0.1) is 0 Å². The fourth-order valence-electron chi connectivity index (χ4n) is 3.56. The van der Waals surface area contributed by atoms with E-state index in [2.05, 4.69) is 4.90 Å². The van der Waals surface area contributed by atoms with Gasteiger partial charge in [-0.05, 0) is 23.8 Å². The predicted molar refractivity (Wildman–Crippen MR) is 112 cm³/mol. The molecule has 34 heavy (non-hydrogen) atoms.